The van der Waals surface area contributed by atoms with Crippen LogP contribution in [0.1, 0.15) is 56.9 Å². The predicted octanol–water partition coefficient (Wildman–Crippen LogP) is 4.05. The van der Waals surface area contributed by atoms with E-state index in [9.17, 15) is 0 Å². The van der Waals surface area contributed by atoms with Crippen molar-refractivity contribution in [1.29, 1.82) is 0 Å². The lowest BCUT2D eigenvalue weighted by Crippen LogP contribution is -2.13. The lowest BCUT2D eigenvalue weighted by atomic mass is 10.2. The summed E-state index contributed by atoms with van der Waals surface area (Å²) in [5.74, 6) is 2.87. The lowest BCUT2D eigenvalue weighted by Gasteiger charge is -2.17. The SMILES string of the molecule is CCNc1cc(NC(CC)c2nccs2)nc(C(C)C)n1. The standard InChI is InChI=1S/C15H23N5S/c1-5-11(15-17-7-8-21-15)18-13-9-12(16-6-2)19-14(20-13)10(3)4/h7-11H,5-6H2,1-4H3,(H2,16,18,19,20). The van der Waals surface area contributed by atoms with E-state index in [4.69, 9.17) is 0 Å². The molecule has 1 atom stereocenters. The van der Waals surface area contributed by atoms with Gasteiger partial charge in [0.15, 0.2) is 0 Å². The Morgan fingerprint density at radius 3 is 2.52 bits per heavy atom. The highest BCUT2D eigenvalue weighted by atomic mass is 32.1. The van der Waals surface area contributed by atoms with Crippen LogP contribution in [0.2, 0.25) is 0 Å². The monoisotopic (exact) mass is 305 g/mol. The topological polar surface area (TPSA) is 62.7 Å². The zero-order valence-corrected chi connectivity index (χ0v) is 13.9. The fraction of sp³-hybridized carbons (Fsp3) is 0.533. The molecule has 0 aliphatic heterocycles. The van der Waals surface area contributed by atoms with Crippen LogP contribution in [0.5, 0.6) is 0 Å². The van der Waals surface area contributed by atoms with E-state index in [1.54, 1.807) is 11.3 Å². The summed E-state index contributed by atoms with van der Waals surface area (Å²) in [6.07, 6.45) is 2.80. The number of hydrogen-bond acceptors (Lipinski definition) is 6. The molecule has 21 heavy (non-hydrogen) atoms. The summed E-state index contributed by atoms with van der Waals surface area (Å²) in [6, 6.07) is 2.15. The van der Waals surface area contributed by atoms with Gasteiger partial charge in [0.25, 0.3) is 0 Å². The molecular weight excluding hydrogens is 282 g/mol. The van der Waals surface area contributed by atoms with Crippen LogP contribution in [0.4, 0.5) is 11.6 Å². The first-order chi connectivity index (χ1) is 10.1. The summed E-state index contributed by atoms with van der Waals surface area (Å²) in [5.41, 5.74) is 0. The molecule has 2 rings (SSSR count). The number of hydrogen-bond donors (Lipinski definition) is 2. The van der Waals surface area contributed by atoms with Gasteiger partial charge in [0.2, 0.25) is 0 Å². The van der Waals surface area contributed by atoms with Crippen molar-refractivity contribution in [2.45, 2.75) is 46.1 Å². The minimum absolute atomic E-state index is 0.189. The molecule has 2 aromatic heterocycles. The molecule has 0 spiro atoms. The third kappa shape index (κ3) is 4.14. The van der Waals surface area contributed by atoms with Crippen molar-refractivity contribution in [1.82, 2.24) is 15.0 Å². The van der Waals surface area contributed by atoms with Gasteiger partial charge in [0.1, 0.15) is 22.5 Å². The summed E-state index contributed by atoms with van der Waals surface area (Å²) in [7, 11) is 0. The van der Waals surface area contributed by atoms with Gasteiger partial charge in [-0.15, -0.1) is 11.3 Å². The van der Waals surface area contributed by atoms with Crippen molar-refractivity contribution in [3.63, 3.8) is 0 Å². The van der Waals surface area contributed by atoms with Crippen molar-refractivity contribution in [2.75, 3.05) is 17.2 Å². The highest BCUT2D eigenvalue weighted by Gasteiger charge is 2.14. The van der Waals surface area contributed by atoms with Crippen molar-refractivity contribution < 1.29 is 0 Å². The second kappa shape index (κ2) is 7.36. The Labute approximate surface area is 130 Å². The molecule has 0 bridgehead atoms. The summed E-state index contributed by atoms with van der Waals surface area (Å²) in [4.78, 5) is 13.6. The average molecular weight is 305 g/mol. The van der Waals surface area contributed by atoms with Crippen LogP contribution in [0.25, 0.3) is 0 Å². The van der Waals surface area contributed by atoms with Crippen molar-refractivity contribution >= 4 is 23.0 Å². The van der Waals surface area contributed by atoms with Crippen molar-refractivity contribution in [3.8, 4) is 0 Å². The van der Waals surface area contributed by atoms with E-state index in [1.807, 2.05) is 17.6 Å². The first-order valence-electron chi connectivity index (χ1n) is 7.42. The Morgan fingerprint density at radius 1 is 1.19 bits per heavy atom. The summed E-state index contributed by atoms with van der Waals surface area (Å²) in [5, 5.41) is 9.84. The molecule has 6 heteroatoms. The minimum atomic E-state index is 0.189. The van der Waals surface area contributed by atoms with Gasteiger partial charge in [-0.05, 0) is 13.3 Å². The first-order valence-corrected chi connectivity index (χ1v) is 8.30. The quantitative estimate of drug-likeness (QED) is 0.808. The normalized spacial score (nSPS) is 12.4. The second-order valence-corrected chi connectivity index (χ2v) is 6.08. The fourth-order valence-electron chi connectivity index (χ4n) is 1.99. The van der Waals surface area contributed by atoms with Crippen LogP contribution < -0.4 is 10.6 Å². The molecule has 0 aliphatic rings. The zero-order valence-electron chi connectivity index (χ0n) is 13.1. The van der Waals surface area contributed by atoms with E-state index in [0.29, 0.717) is 5.92 Å². The molecule has 0 radical (unpaired) electrons. The van der Waals surface area contributed by atoms with E-state index in [1.165, 1.54) is 0 Å². The number of anilines is 2. The van der Waals surface area contributed by atoms with E-state index >= 15 is 0 Å². The maximum absolute atomic E-state index is 4.63. The molecule has 0 aliphatic carbocycles. The first kappa shape index (κ1) is 15.7. The third-order valence-corrected chi connectivity index (χ3v) is 3.99. The van der Waals surface area contributed by atoms with Crippen LogP contribution in [0, 0.1) is 0 Å². The Morgan fingerprint density at radius 2 is 1.95 bits per heavy atom. The van der Waals surface area contributed by atoms with Crippen LogP contribution in [0.15, 0.2) is 17.6 Å². The lowest BCUT2D eigenvalue weighted by molar-refractivity contribution is 0.726. The molecule has 2 N–H and O–H groups in total. The van der Waals surface area contributed by atoms with Crippen molar-refractivity contribution in [3.05, 3.63) is 28.5 Å². The van der Waals surface area contributed by atoms with Crippen LogP contribution >= 0.6 is 11.3 Å². The van der Waals surface area contributed by atoms with Gasteiger partial charge in [-0.3, -0.25) is 0 Å². The van der Waals surface area contributed by atoms with Crippen LogP contribution in [0.3, 0.4) is 0 Å². The highest BCUT2D eigenvalue weighted by Crippen LogP contribution is 2.25. The summed E-state index contributed by atoms with van der Waals surface area (Å²) < 4.78 is 0. The maximum Gasteiger partial charge on any atom is 0.135 e. The van der Waals surface area contributed by atoms with Gasteiger partial charge in [-0.2, -0.15) is 0 Å². The number of rotatable bonds is 7. The number of nitrogens with one attached hydrogen (secondary N) is 2. The van der Waals surface area contributed by atoms with Gasteiger partial charge >= 0.3 is 0 Å². The predicted molar refractivity (Wildman–Crippen MR) is 89.1 cm³/mol. The van der Waals surface area contributed by atoms with E-state index < -0.39 is 0 Å². The van der Waals surface area contributed by atoms with E-state index in [-0.39, 0.29) is 6.04 Å². The molecule has 2 aromatic rings. The molecular formula is C15H23N5S. The summed E-state index contributed by atoms with van der Waals surface area (Å²) >= 11 is 1.67. The Hall–Kier alpha value is -1.69. The Kier molecular flexibility index (Phi) is 5.50. The molecule has 0 fully saturated rings. The largest absolute Gasteiger partial charge is 0.370 e. The molecule has 1 unspecified atom stereocenters. The fourth-order valence-corrected chi connectivity index (χ4v) is 2.77. The number of aromatic nitrogens is 3. The molecule has 114 valence electrons. The van der Waals surface area contributed by atoms with E-state index in [2.05, 4.69) is 53.3 Å². The van der Waals surface area contributed by atoms with Gasteiger partial charge < -0.3 is 10.6 Å². The molecule has 0 saturated carbocycles. The zero-order chi connectivity index (χ0) is 15.2. The van der Waals surface area contributed by atoms with Gasteiger partial charge in [-0.1, -0.05) is 20.8 Å². The van der Waals surface area contributed by atoms with Gasteiger partial charge in [0, 0.05) is 30.1 Å². The van der Waals surface area contributed by atoms with Crippen molar-refractivity contribution in [2.24, 2.45) is 0 Å². The molecule has 0 saturated heterocycles. The van der Waals surface area contributed by atoms with Crippen LogP contribution in [-0.2, 0) is 0 Å². The smallest absolute Gasteiger partial charge is 0.135 e. The van der Waals surface area contributed by atoms with Crippen LogP contribution in [-0.4, -0.2) is 21.5 Å². The molecule has 2 heterocycles. The second-order valence-electron chi connectivity index (χ2n) is 5.16. The van der Waals surface area contributed by atoms with Gasteiger partial charge in [0.05, 0.1) is 6.04 Å². The van der Waals surface area contributed by atoms with Gasteiger partial charge in [-0.25, -0.2) is 15.0 Å². The molecule has 5 nitrogen and oxygen atoms in total. The number of nitrogens with zero attached hydrogens (tertiary/aromatic N) is 3. The Bertz CT molecular complexity index is 553. The third-order valence-electron chi connectivity index (χ3n) is 3.10. The number of thiazole rings is 1. The highest BCUT2D eigenvalue weighted by molar-refractivity contribution is 7.09. The van der Waals surface area contributed by atoms with E-state index in [0.717, 1.165) is 35.4 Å². The molecule has 0 amide bonds. The maximum atomic E-state index is 4.63. The minimum Gasteiger partial charge on any atom is -0.370 e. The summed E-state index contributed by atoms with van der Waals surface area (Å²) in [6.45, 7) is 9.26. The Balaban J connectivity index is 2.25. The average Bonchev–Trinajstić information content (AvgIpc) is 2.99. The molecule has 0 aromatic carbocycles.